The van der Waals surface area contributed by atoms with Crippen LogP contribution in [0.5, 0.6) is 0 Å². The van der Waals surface area contributed by atoms with Crippen LogP contribution < -0.4 is 5.32 Å². The number of hydrogen-bond acceptors (Lipinski definition) is 8. The standard InChI is InChI=1S/C31H33FN6O4/c1-19(36-11-13-41-14-12-36)20-5-8-26(33-16-20)35-24-7-6-22(25-17-34-27-15-21(32)9-10-37(25)27)23-18-38(29(39)28(23)24)30(40)42-31(2,3)4/h5-10,15-17,19H,11-14,18H2,1-4H3,(H,33,35). The Morgan fingerprint density at radius 1 is 1.10 bits per heavy atom. The van der Waals surface area contributed by atoms with Gasteiger partial charge in [0.1, 0.15) is 22.9 Å². The molecular weight excluding hydrogens is 539 g/mol. The van der Waals surface area contributed by atoms with Gasteiger partial charge >= 0.3 is 6.09 Å². The van der Waals surface area contributed by atoms with E-state index in [0.29, 0.717) is 39.5 Å². The van der Waals surface area contributed by atoms with Gasteiger partial charge in [0.15, 0.2) is 0 Å². The largest absolute Gasteiger partial charge is 0.443 e. The number of aromatic nitrogens is 3. The number of halogens is 1. The molecule has 0 radical (unpaired) electrons. The van der Waals surface area contributed by atoms with E-state index in [-0.39, 0.29) is 12.6 Å². The molecule has 6 rings (SSSR count). The van der Waals surface area contributed by atoms with Gasteiger partial charge in [0.2, 0.25) is 0 Å². The van der Waals surface area contributed by atoms with Crippen LogP contribution in [0.4, 0.5) is 20.7 Å². The number of nitrogens with one attached hydrogen (secondary N) is 1. The third-order valence-electron chi connectivity index (χ3n) is 7.58. The second-order valence-electron chi connectivity index (χ2n) is 11.5. The number of imidazole rings is 1. The van der Waals surface area contributed by atoms with Gasteiger partial charge in [-0.2, -0.15) is 0 Å². The van der Waals surface area contributed by atoms with Gasteiger partial charge in [-0.3, -0.25) is 14.1 Å². The summed E-state index contributed by atoms with van der Waals surface area (Å²) in [6.45, 7) is 10.6. The minimum atomic E-state index is -0.772. The maximum atomic E-state index is 13.8. The zero-order valence-electron chi connectivity index (χ0n) is 24.1. The fourth-order valence-corrected chi connectivity index (χ4v) is 5.42. The van der Waals surface area contributed by atoms with Crippen LogP contribution in [-0.2, 0) is 16.0 Å². The van der Waals surface area contributed by atoms with Crippen LogP contribution in [0.2, 0.25) is 0 Å². The number of carbonyl (C=O) groups excluding carboxylic acids is 2. The van der Waals surface area contributed by atoms with Crippen molar-refractivity contribution in [3.05, 3.63) is 77.5 Å². The van der Waals surface area contributed by atoms with Crippen LogP contribution in [0.1, 0.15) is 55.2 Å². The molecule has 218 valence electrons. The Morgan fingerprint density at radius 3 is 2.60 bits per heavy atom. The van der Waals surface area contributed by atoms with E-state index in [9.17, 15) is 14.0 Å². The third-order valence-corrected chi connectivity index (χ3v) is 7.58. The Balaban J connectivity index is 1.35. The first-order valence-corrected chi connectivity index (χ1v) is 14.0. The Kier molecular flexibility index (Phi) is 7.15. The maximum Gasteiger partial charge on any atom is 0.417 e. The molecule has 3 aromatic heterocycles. The lowest BCUT2D eigenvalue weighted by molar-refractivity contribution is 0.0198. The van der Waals surface area contributed by atoms with Crippen molar-refractivity contribution in [2.45, 2.75) is 45.9 Å². The van der Waals surface area contributed by atoms with Gasteiger partial charge in [-0.15, -0.1) is 0 Å². The molecule has 1 saturated heterocycles. The van der Waals surface area contributed by atoms with Gasteiger partial charge in [0.25, 0.3) is 5.91 Å². The van der Waals surface area contributed by atoms with E-state index >= 15 is 0 Å². The first kappa shape index (κ1) is 27.8. The van der Waals surface area contributed by atoms with E-state index in [1.807, 2.05) is 24.4 Å². The molecule has 1 aromatic carbocycles. The van der Waals surface area contributed by atoms with Crippen LogP contribution in [0.25, 0.3) is 16.9 Å². The van der Waals surface area contributed by atoms with Gasteiger partial charge in [-0.25, -0.2) is 24.1 Å². The fraction of sp³-hybridized carbons (Fsp3) is 0.355. The summed E-state index contributed by atoms with van der Waals surface area (Å²) in [4.78, 5) is 39.3. The van der Waals surface area contributed by atoms with Crippen molar-refractivity contribution in [1.29, 1.82) is 0 Å². The number of hydrogen-bond donors (Lipinski definition) is 1. The summed E-state index contributed by atoms with van der Waals surface area (Å²) in [5.74, 6) is -0.300. The smallest absolute Gasteiger partial charge is 0.417 e. The molecule has 2 aliphatic heterocycles. The van der Waals surface area contributed by atoms with E-state index in [1.165, 1.54) is 12.1 Å². The lowest BCUT2D eigenvalue weighted by atomic mass is 9.99. The average Bonchev–Trinajstić information content (AvgIpc) is 3.54. The van der Waals surface area contributed by atoms with E-state index < -0.39 is 23.4 Å². The molecule has 0 aliphatic carbocycles. The molecule has 0 spiro atoms. The van der Waals surface area contributed by atoms with Crippen LogP contribution in [0.3, 0.4) is 0 Å². The highest BCUT2D eigenvalue weighted by atomic mass is 19.1. The molecule has 2 aliphatic rings. The number of fused-ring (bicyclic) bond motifs is 2. The minimum absolute atomic E-state index is 0.0196. The second kappa shape index (κ2) is 10.8. The number of anilines is 2. The number of rotatable bonds is 5. The van der Waals surface area contributed by atoms with Crippen molar-refractivity contribution in [3.8, 4) is 11.3 Å². The molecule has 0 saturated carbocycles. The molecule has 1 fully saturated rings. The molecule has 10 nitrogen and oxygen atoms in total. The van der Waals surface area contributed by atoms with Gasteiger partial charge in [-0.1, -0.05) is 12.1 Å². The van der Waals surface area contributed by atoms with E-state index in [4.69, 9.17) is 9.47 Å². The number of amides is 2. The zero-order valence-corrected chi connectivity index (χ0v) is 24.1. The van der Waals surface area contributed by atoms with Gasteiger partial charge in [-0.05, 0) is 57.0 Å². The zero-order chi connectivity index (χ0) is 29.6. The molecule has 2 amide bonds. The molecular formula is C31H33FN6O4. The van der Waals surface area contributed by atoms with Crippen molar-refractivity contribution in [1.82, 2.24) is 24.2 Å². The summed E-state index contributed by atoms with van der Waals surface area (Å²) in [5.41, 5.74) is 3.63. The predicted molar refractivity (Wildman–Crippen MR) is 155 cm³/mol. The predicted octanol–water partition coefficient (Wildman–Crippen LogP) is 5.56. The normalized spacial score (nSPS) is 16.5. The molecule has 5 heterocycles. The quantitative estimate of drug-likeness (QED) is 0.332. The lowest BCUT2D eigenvalue weighted by Crippen LogP contribution is -2.38. The molecule has 1 unspecified atom stereocenters. The van der Waals surface area contributed by atoms with Crippen molar-refractivity contribution in [2.24, 2.45) is 0 Å². The van der Waals surface area contributed by atoms with Crippen molar-refractivity contribution < 1.29 is 23.5 Å². The molecule has 4 aromatic rings. The molecule has 11 heteroatoms. The number of pyridine rings is 2. The van der Waals surface area contributed by atoms with Crippen molar-refractivity contribution in [3.63, 3.8) is 0 Å². The number of ether oxygens (including phenoxy) is 2. The van der Waals surface area contributed by atoms with E-state index in [2.05, 4.69) is 27.1 Å². The summed E-state index contributed by atoms with van der Waals surface area (Å²) in [5, 5.41) is 3.29. The summed E-state index contributed by atoms with van der Waals surface area (Å²) in [6.07, 6.45) is 4.34. The minimum Gasteiger partial charge on any atom is -0.443 e. The van der Waals surface area contributed by atoms with Gasteiger partial charge in [0.05, 0.1) is 42.9 Å². The Hall–Kier alpha value is -4.35. The number of carbonyl (C=O) groups is 2. The number of morpholine rings is 1. The Bertz CT molecular complexity index is 1660. The van der Waals surface area contributed by atoms with E-state index in [1.54, 1.807) is 43.6 Å². The number of imide groups is 1. The molecule has 1 atom stereocenters. The highest BCUT2D eigenvalue weighted by Gasteiger charge is 2.39. The molecule has 0 bridgehead atoms. The van der Waals surface area contributed by atoms with Gasteiger partial charge in [0, 0.05) is 43.2 Å². The Labute approximate surface area is 243 Å². The van der Waals surface area contributed by atoms with E-state index in [0.717, 1.165) is 36.8 Å². The van der Waals surface area contributed by atoms with Crippen LogP contribution in [-0.4, -0.2) is 68.1 Å². The number of benzene rings is 1. The third kappa shape index (κ3) is 5.33. The van der Waals surface area contributed by atoms with Crippen molar-refractivity contribution in [2.75, 3.05) is 31.6 Å². The fourth-order valence-electron chi connectivity index (χ4n) is 5.42. The number of nitrogens with zero attached hydrogens (tertiary/aromatic N) is 5. The SMILES string of the molecule is CC(c1ccc(Nc2ccc(-c3cnc4cc(F)ccn34)c3c2C(=O)N(C(=O)OC(C)(C)C)C3)nc1)N1CCOCC1. The lowest BCUT2D eigenvalue weighted by Gasteiger charge is -2.32. The summed E-state index contributed by atoms with van der Waals surface area (Å²) in [6, 6.07) is 10.5. The highest BCUT2D eigenvalue weighted by molar-refractivity contribution is 6.11. The first-order valence-electron chi connectivity index (χ1n) is 14.0. The maximum absolute atomic E-state index is 13.8. The van der Waals surface area contributed by atoms with Crippen molar-refractivity contribution >= 4 is 29.2 Å². The van der Waals surface area contributed by atoms with Crippen LogP contribution in [0.15, 0.2) is 55.0 Å². The Morgan fingerprint density at radius 2 is 1.88 bits per heavy atom. The molecule has 1 N–H and O–H groups in total. The summed E-state index contributed by atoms with van der Waals surface area (Å²) in [7, 11) is 0. The summed E-state index contributed by atoms with van der Waals surface area (Å²) < 4.78 is 26.6. The second-order valence-corrected chi connectivity index (χ2v) is 11.5. The average molecular weight is 573 g/mol. The monoisotopic (exact) mass is 572 g/mol. The highest BCUT2D eigenvalue weighted by Crippen LogP contribution is 2.39. The summed E-state index contributed by atoms with van der Waals surface area (Å²) >= 11 is 0. The van der Waals surface area contributed by atoms with Crippen LogP contribution in [0, 0.1) is 5.82 Å². The topological polar surface area (TPSA) is 101 Å². The molecule has 42 heavy (non-hydrogen) atoms. The van der Waals surface area contributed by atoms with Gasteiger partial charge < -0.3 is 14.8 Å². The first-order chi connectivity index (χ1) is 20.1. The van der Waals surface area contributed by atoms with Crippen LogP contribution >= 0.6 is 0 Å².